The Bertz CT molecular complexity index is 216. The summed E-state index contributed by atoms with van der Waals surface area (Å²) in [6, 6.07) is 0. The molecule has 12 heavy (non-hydrogen) atoms. The van der Waals surface area contributed by atoms with E-state index in [2.05, 4.69) is 10.3 Å². The Hall–Kier alpha value is -0.570. The van der Waals surface area contributed by atoms with Crippen LogP contribution >= 0.6 is 11.3 Å². The molecule has 1 saturated carbocycles. The first-order valence-electron chi connectivity index (χ1n) is 4.58. The molecule has 2 nitrogen and oxygen atoms in total. The van der Waals surface area contributed by atoms with Gasteiger partial charge in [-0.05, 0) is 12.3 Å². The first kappa shape index (κ1) is 8.05. The molecule has 3 heteroatoms. The number of nitrogens with zero attached hydrogens (tertiary/aromatic N) is 1. The van der Waals surface area contributed by atoms with Crippen LogP contribution in [0.5, 0.6) is 0 Å². The second-order valence-corrected chi connectivity index (χ2v) is 4.24. The van der Waals surface area contributed by atoms with Gasteiger partial charge in [-0.1, -0.05) is 19.3 Å². The van der Waals surface area contributed by atoms with Gasteiger partial charge in [-0.3, -0.25) is 0 Å². The summed E-state index contributed by atoms with van der Waals surface area (Å²) in [6.07, 6.45) is 7.50. The number of aromatic nitrogens is 1. The van der Waals surface area contributed by atoms with Crippen LogP contribution in [0.15, 0.2) is 11.6 Å². The molecule has 66 valence electrons. The first-order valence-corrected chi connectivity index (χ1v) is 5.46. The molecule has 1 aliphatic rings. The molecule has 1 aliphatic carbocycles. The maximum atomic E-state index is 4.16. The lowest BCUT2D eigenvalue weighted by molar-refractivity contribution is 0.303. The van der Waals surface area contributed by atoms with Gasteiger partial charge in [0.05, 0.1) is 0 Å². The van der Waals surface area contributed by atoms with Gasteiger partial charge in [-0.25, -0.2) is 4.98 Å². The molecule has 0 unspecified atom stereocenters. The molecule has 0 radical (unpaired) electrons. The van der Waals surface area contributed by atoms with Crippen LogP contribution in [0.3, 0.4) is 0 Å². The van der Waals surface area contributed by atoms with E-state index in [1.807, 2.05) is 11.6 Å². The first-order chi connectivity index (χ1) is 5.95. The second-order valence-electron chi connectivity index (χ2n) is 3.35. The summed E-state index contributed by atoms with van der Waals surface area (Å²) in [7, 11) is 0. The van der Waals surface area contributed by atoms with Gasteiger partial charge in [0, 0.05) is 18.1 Å². The average molecular weight is 182 g/mol. The predicted octanol–water partition coefficient (Wildman–Crippen LogP) is 2.75. The van der Waals surface area contributed by atoms with E-state index in [1.165, 1.54) is 25.7 Å². The third-order valence-electron chi connectivity index (χ3n) is 2.49. The molecule has 0 aliphatic heterocycles. The summed E-state index contributed by atoms with van der Waals surface area (Å²) >= 11 is 1.68. The van der Waals surface area contributed by atoms with Gasteiger partial charge in [-0.2, -0.15) is 0 Å². The van der Waals surface area contributed by atoms with Crippen LogP contribution in [0.1, 0.15) is 25.7 Å². The molecule has 0 bridgehead atoms. The summed E-state index contributed by atoms with van der Waals surface area (Å²) in [5.74, 6) is 0.998. The van der Waals surface area contributed by atoms with Gasteiger partial charge in [0.15, 0.2) is 5.13 Å². The van der Waals surface area contributed by atoms with E-state index in [0.29, 0.717) is 0 Å². The van der Waals surface area contributed by atoms with E-state index in [9.17, 15) is 0 Å². The molecule has 1 aromatic rings. The third kappa shape index (κ3) is 1.97. The molecule has 1 heterocycles. The molecule has 1 N–H and O–H groups in total. The van der Waals surface area contributed by atoms with Crippen molar-refractivity contribution >= 4 is 16.5 Å². The summed E-state index contributed by atoms with van der Waals surface area (Å²) in [5.41, 5.74) is 0. The standard InChI is InChI=1S/C9H14N2S/c1-2-8(3-1)4-5-10-9-11-6-7-12-9/h6-8H,1-5H2,(H,10,11). The van der Waals surface area contributed by atoms with Crippen molar-refractivity contribution in [3.05, 3.63) is 11.6 Å². The van der Waals surface area contributed by atoms with Crippen LogP contribution in [0.2, 0.25) is 0 Å². The van der Waals surface area contributed by atoms with Crippen molar-refractivity contribution in [3.8, 4) is 0 Å². The molecule has 0 amide bonds. The highest BCUT2D eigenvalue weighted by atomic mass is 32.1. The quantitative estimate of drug-likeness (QED) is 0.774. The smallest absolute Gasteiger partial charge is 0.182 e. The van der Waals surface area contributed by atoms with Crippen LogP contribution in [0.25, 0.3) is 0 Å². The maximum Gasteiger partial charge on any atom is 0.182 e. The SMILES string of the molecule is c1csc(NCCC2CCC2)n1. The minimum absolute atomic E-state index is 0.998. The summed E-state index contributed by atoms with van der Waals surface area (Å²) < 4.78 is 0. The van der Waals surface area contributed by atoms with Crippen molar-refractivity contribution in [3.63, 3.8) is 0 Å². The summed E-state index contributed by atoms with van der Waals surface area (Å²) in [4.78, 5) is 4.16. The van der Waals surface area contributed by atoms with Gasteiger partial charge < -0.3 is 5.32 Å². The van der Waals surface area contributed by atoms with Crippen molar-refractivity contribution in [1.82, 2.24) is 4.98 Å². The van der Waals surface area contributed by atoms with E-state index in [4.69, 9.17) is 0 Å². The van der Waals surface area contributed by atoms with Crippen LogP contribution in [-0.4, -0.2) is 11.5 Å². The highest BCUT2D eigenvalue weighted by molar-refractivity contribution is 7.13. The molecule has 0 saturated heterocycles. The Balaban J connectivity index is 1.62. The van der Waals surface area contributed by atoms with E-state index in [0.717, 1.165) is 17.6 Å². The largest absolute Gasteiger partial charge is 0.362 e. The number of nitrogens with one attached hydrogen (secondary N) is 1. The maximum absolute atomic E-state index is 4.16. The minimum atomic E-state index is 0.998. The van der Waals surface area contributed by atoms with Gasteiger partial charge >= 0.3 is 0 Å². The minimum Gasteiger partial charge on any atom is -0.362 e. The lowest BCUT2D eigenvalue weighted by Crippen LogP contribution is -2.15. The van der Waals surface area contributed by atoms with Crippen molar-refractivity contribution in [2.75, 3.05) is 11.9 Å². The van der Waals surface area contributed by atoms with Crippen LogP contribution in [0, 0.1) is 5.92 Å². The normalized spacial score (nSPS) is 17.3. The zero-order valence-corrected chi connectivity index (χ0v) is 7.94. The molecule has 0 atom stereocenters. The third-order valence-corrected chi connectivity index (χ3v) is 3.22. The van der Waals surface area contributed by atoms with Crippen molar-refractivity contribution in [1.29, 1.82) is 0 Å². The molecular formula is C9H14N2S. The zero-order valence-electron chi connectivity index (χ0n) is 7.12. The number of thiazole rings is 1. The van der Waals surface area contributed by atoms with E-state index >= 15 is 0 Å². The lowest BCUT2D eigenvalue weighted by atomic mass is 9.83. The molecule has 0 spiro atoms. The monoisotopic (exact) mass is 182 g/mol. The second kappa shape index (κ2) is 3.90. The predicted molar refractivity (Wildman–Crippen MR) is 52.6 cm³/mol. The summed E-state index contributed by atoms with van der Waals surface area (Å²) in [5, 5.41) is 6.40. The fourth-order valence-corrected chi connectivity index (χ4v) is 2.03. The molecule has 2 rings (SSSR count). The number of anilines is 1. The van der Waals surface area contributed by atoms with E-state index in [1.54, 1.807) is 11.3 Å². The Morgan fingerprint density at radius 2 is 2.50 bits per heavy atom. The highest BCUT2D eigenvalue weighted by Crippen LogP contribution is 2.29. The number of hydrogen-bond acceptors (Lipinski definition) is 3. The fraction of sp³-hybridized carbons (Fsp3) is 0.667. The van der Waals surface area contributed by atoms with Crippen LogP contribution < -0.4 is 5.32 Å². The lowest BCUT2D eigenvalue weighted by Gasteiger charge is -2.24. The molecule has 1 aromatic heterocycles. The zero-order chi connectivity index (χ0) is 8.23. The number of hydrogen-bond donors (Lipinski definition) is 1. The van der Waals surface area contributed by atoms with Crippen molar-refractivity contribution in [2.24, 2.45) is 5.92 Å². The van der Waals surface area contributed by atoms with Crippen LogP contribution in [-0.2, 0) is 0 Å². The van der Waals surface area contributed by atoms with Gasteiger partial charge in [0.2, 0.25) is 0 Å². The Kier molecular flexibility index (Phi) is 2.61. The van der Waals surface area contributed by atoms with Gasteiger partial charge in [-0.15, -0.1) is 11.3 Å². The van der Waals surface area contributed by atoms with Gasteiger partial charge in [0.1, 0.15) is 0 Å². The molecular weight excluding hydrogens is 168 g/mol. The average Bonchev–Trinajstić information content (AvgIpc) is 2.46. The highest BCUT2D eigenvalue weighted by Gasteiger charge is 2.16. The Labute approximate surface area is 77.0 Å². The fourth-order valence-electron chi connectivity index (χ4n) is 1.48. The number of rotatable bonds is 4. The molecule has 1 fully saturated rings. The van der Waals surface area contributed by atoms with Crippen molar-refractivity contribution < 1.29 is 0 Å². The van der Waals surface area contributed by atoms with E-state index in [-0.39, 0.29) is 0 Å². The van der Waals surface area contributed by atoms with Crippen LogP contribution in [0.4, 0.5) is 5.13 Å². The Morgan fingerprint density at radius 3 is 3.08 bits per heavy atom. The topological polar surface area (TPSA) is 24.9 Å². The molecule has 0 aromatic carbocycles. The van der Waals surface area contributed by atoms with Gasteiger partial charge in [0.25, 0.3) is 0 Å². The van der Waals surface area contributed by atoms with E-state index < -0.39 is 0 Å². The van der Waals surface area contributed by atoms with Crippen molar-refractivity contribution in [2.45, 2.75) is 25.7 Å². The summed E-state index contributed by atoms with van der Waals surface area (Å²) in [6.45, 7) is 1.10. The Morgan fingerprint density at radius 1 is 1.58 bits per heavy atom.